The minimum atomic E-state index is -0.433. The Morgan fingerprint density at radius 2 is 2.14 bits per heavy atom. The first-order chi connectivity index (χ1) is 10.1. The monoisotopic (exact) mass is 376 g/mol. The van der Waals surface area contributed by atoms with Gasteiger partial charge in [0.25, 0.3) is 0 Å². The van der Waals surface area contributed by atoms with Gasteiger partial charge in [0.05, 0.1) is 6.54 Å². The van der Waals surface area contributed by atoms with Crippen molar-refractivity contribution in [2.24, 2.45) is 0 Å². The van der Waals surface area contributed by atoms with Crippen molar-refractivity contribution < 1.29 is 13.9 Å². The Kier molecular flexibility index (Phi) is 6.09. The number of hydrogen-bond donors (Lipinski definition) is 0. The van der Waals surface area contributed by atoms with Gasteiger partial charge in [0.15, 0.2) is 6.29 Å². The SMILES string of the molecule is COC(Cn1nnnc1SCc1ccc(Br)cc1F)OC. The highest BCUT2D eigenvalue weighted by Crippen LogP contribution is 2.24. The number of aromatic nitrogens is 4. The van der Waals surface area contributed by atoms with Gasteiger partial charge < -0.3 is 9.47 Å². The molecule has 0 atom stereocenters. The molecule has 0 N–H and O–H groups in total. The average molecular weight is 377 g/mol. The van der Waals surface area contributed by atoms with E-state index >= 15 is 0 Å². The van der Waals surface area contributed by atoms with Gasteiger partial charge in [0, 0.05) is 24.4 Å². The smallest absolute Gasteiger partial charge is 0.209 e. The standard InChI is InChI=1S/C12H14BrFN4O2S/c1-19-11(20-2)6-18-12(15-16-17-18)21-7-8-3-4-9(13)5-10(8)14/h3-5,11H,6-7H2,1-2H3. The van der Waals surface area contributed by atoms with E-state index in [1.165, 1.54) is 17.8 Å². The number of tetrazole rings is 1. The fraction of sp³-hybridized carbons (Fsp3) is 0.417. The van der Waals surface area contributed by atoms with Crippen molar-refractivity contribution in [1.29, 1.82) is 0 Å². The van der Waals surface area contributed by atoms with Gasteiger partial charge in [-0.2, -0.15) is 0 Å². The second kappa shape index (κ2) is 7.83. The molecule has 1 heterocycles. The van der Waals surface area contributed by atoms with Gasteiger partial charge in [0.2, 0.25) is 5.16 Å². The van der Waals surface area contributed by atoms with Crippen molar-refractivity contribution in [3.63, 3.8) is 0 Å². The number of benzene rings is 1. The molecule has 2 rings (SSSR count). The zero-order valence-electron chi connectivity index (χ0n) is 11.5. The lowest BCUT2D eigenvalue weighted by Gasteiger charge is -2.13. The predicted octanol–water partition coefficient (Wildman–Crippen LogP) is 2.49. The van der Waals surface area contributed by atoms with Crippen LogP contribution in [0.2, 0.25) is 0 Å². The van der Waals surface area contributed by atoms with Gasteiger partial charge in [-0.15, -0.1) is 5.10 Å². The molecule has 6 nitrogen and oxygen atoms in total. The van der Waals surface area contributed by atoms with E-state index in [0.717, 1.165) is 0 Å². The molecule has 2 aromatic rings. The predicted molar refractivity (Wildman–Crippen MR) is 79.3 cm³/mol. The summed E-state index contributed by atoms with van der Waals surface area (Å²) in [5.74, 6) is 0.173. The van der Waals surface area contributed by atoms with Crippen molar-refractivity contribution in [2.45, 2.75) is 23.7 Å². The van der Waals surface area contributed by atoms with Crippen LogP contribution >= 0.6 is 27.7 Å². The van der Waals surface area contributed by atoms with Crippen molar-refractivity contribution in [3.05, 3.63) is 34.1 Å². The fourth-order valence-electron chi connectivity index (χ4n) is 1.58. The first-order valence-electron chi connectivity index (χ1n) is 6.02. The molecule has 0 aliphatic carbocycles. The topological polar surface area (TPSA) is 62.1 Å². The maximum atomic E-state index is 13.8. The maximum Gasteiger partial charge on any atom is 0.209 e. The third-order valence-electron chi connectivity index (χ3n) is 2.72. The Hall–Kier alpha value is -1.03. The van der Waals surface area contributed by atoms with Gasteiger partial charge in [-0.05, 0) is 28.1 Å². The molecule has 0 unspecified atom stereocenters. The second-order valence-electron chi connectivity index (χ2n) is 4.07. The number of rotatable bonds is 7. The van der Waals surface area contributed by atoms with Crippen molar-refractivity contribution in [2.75, 3.05) is 14.2 Å². The van der Waals surface area contributed by atoms with Crippen molar-refractivity contribution in [3.8, 4) is 0 Å². The molecule has 9 heteroatoms. The molecule has 0 saturated carbocycles. The van der Waals surface area contributed by atoms with Gasteiger partial charge in [-0.3, -0.25) is 0 Å². The van der Waals surface area contributed by atoms with Gasteiger partial charge in [-0.1, -0.05) is 33.8 Å². The molecule has 1 aromatic carbocycles. The van der Waals surface area contributed by atoms with Crippen LogP contribution in [-0.4, -0.2) is 40.7 Å². The summed E-state index contributed by atoms with van der Waals surface area (Å²) in [5.41, 5.74) is 0.591. The lowest BCUT2D eigenvalue weighted by atomic mass is 10.2. The fourth-order valence-corrected chi connectivity index (χ4v) is 2.79. The molecule has 1 aromatic heterocycles. The second-order valence-corrected chi connectivity index (χ2v) is 5.93. The number of methoxy groups -OCH3 is 2. The Labute approximate surface area is 134 Å². The van der Waals surface area contributed by atoms with E-state index in [1.807, 2.05) is 0 Å². The van der Waals surface area contributed by atoms with Crippen LogP contribution in [-0.2, 0) is 21.8 Å². The summed E-state index contributed by atoms with van der Waals surface area (Å²) >= 11 is 4.58. The number of thioether (sulfide) groups is 1. The summed E-state index contributed by atoms with van der Waals surface area (Å²) in [6.07, 6.45) is -0.433. The highest BCUT2D eigenvalue weighted by atomic mass is 79.9. The van der Waals surface area contributed by atoms with Crippen LogP contribution in [0.1, 0.15) is 5.56 Å². The first-order valence-corrected chi connectivity index (χ1v) is 7.80. The van der Waals surface area contributed by atoms with Crippen LogP contribution < -0.4 is 0 Å². The van der Waals surface area contributed by atoms with E-state index in [4.69, 9.17) is 9.47 Å². The number of halogens is 2. The highest BCUT2D eigenvalue weighted by molar-refractivity contribution is 9.10. The summed E-state index contributed by atoms with van der Waals surface area (Å²) in [4.78, 5) is 0. The Morgan fingerprint density at radius 3 is 2.81 bits per heavy atom. The van der Waals surface area contributed by atoms with Crippen LogP contribution in [0.5, 0.6) is 0 Å². The van der Waals surface area contributed by atoms with Crippen LogP contribution in [0.15, 0.2) is 27.8 Å². The number of nitrogens with zero attached hydrogens (tertiary/aromatic N) is 4. The normalized spacial score (nSPS) is 11.3. The molecule has 0 bridgehead atoms. The molecular formula is C12H14BrFN4O2S. The summed E-state index contributed by atoms with van der Waals surface area (Å²) in [5, 5.41) is 12.0. The molecule has 0 aliphatic heterocycles. The summed E-state index contributed by atoms with van der Waals surface area (Å²) < 4.78 is 26.3. The van der Waals surface area contributed by atoms with Crippen molar-refractivity contribution >= 4 is 27.7 Å². The first kappa shape index (κ1) is 16.3. The largest absolute Gasteiger partial charge is 0.354 e. The van der Waals surface area contributed by atoms with Crippen molar-refractivity contribution in [1.82, 2.24) is 20.2 Å². The summed E-state index contributed by atoms with van der Waals surface area (Å²) in [7, 11) is 3.09. The molecule has 0 radical (unpaired) electrons. The van der Waals surface area contributed by atoms with E-state index in [9.17, 15) is 4.39 Å². The average Bonchev–Trinajstić information content (AvgIpc) is 2.91. The molecule has 0 saturated heterocycles. The molecule has 0 spiro atoms. The Balaban J connectivity index is 2.02. The highest BCUT2D eigenvalue weighted by Gasteiger charge is 2.14. The van der Waals surface area contributed by atoms with Gasteiger partial charge in [-0.25, -0.2) is 9.07 Å². The Morgan fingerprint density at radius 1 is 1.38 bits per heavy atom. The summed E-state index contributed by atoms with van der Waals surface area (Å²) in [6.45, 7) is 0.366. The quantitative estimate of drug-likeness (QED) is 0.546. The third-order valence-corrected chi connectivity index (χ3v) is 4.22. The van der Waals surface area contributed by atoms with E-state index < -0.39 is 6.29 Å². The van der Waals surface area contributed by atoms with Crippen LogP contribution in [0.25, 0.3) is 0 Å². The number of hydrogen-bond acceptors (Lipinski definition) is 6. The van der Waals surface area contributed by atoms with Gasteiger partial charge >= 0.3 is 0 Å². The minimum absolute atomic E-state index is 0.262. The lowest BCUT2D eigenvalue weighted by Crippen LogP contribution is -2.21. The van der Waals surface area contributed by atoms with Crippen LogP contribution in [0.4, 0.5) is 4.39 Å². The third kappa shape index (κ3) is 4.47. The van der Waals surface area contributed by atoms with E-state index in [-0.39, 0.29) is 5.82 Å². The molecule has 114 valence electrons. The number of ether oxygens (including phenoxy) is 2. The van der Waals surface area contributed by atoms with Gasteiger partial charge in [0.1, 0.15) is 5.82 Å². The molecule has 0 aliphatic rings. The zero-order valence-corrected chi connectivity index (χ0v) is 13.9. The van der Waals surface area contributed by atoms with E-state index in [1.54, 1.807) is 31.0 Å². The summed E-state index contributed by atoms with van der Waals surface area (Å²) in [6, 6.07) is 4.96. The van der Waals surface area contributed by atoms with E-state index in [2.05, 4.69) is 31.5 Å². The molecule has 0 fully saturated rings. The maximum absolute atomic E-state index is 13.8. The lowest BCUT2D eigenvalue weighted by molar-refractivity contribution is -0.113. The minimum Gasteiger partial charge on any atom is -0.354 e. The molecule has 21 heavy (non-hydrogen) atoms. The molecular weight excluding hydrogens is 363 g/mol. The molecule has 0 amide bonds. The zero-order chi connectivity index (χ0) is 15.2. The Bertz CT molecular complexity index is 594. The van der Waals surface area contributed by atoms with E-state index in [0.29, 0.717) is 27.5 Å². The van der Waals surface area contributed by atoms with Crippen LogP contribution in [0.3, 0.4) is 0 Å². The van der Waals surface area contributed by atoms with Crippen LogP contribution in [0, 0.1) is 5.82 Å².